The maximum Gasteiger partial charge on any atom is 0.411 e. The lowest BCUT2D eigenvalue weighted by molar-refractivity contribution is 0.0175. The van der Waals surface area contributed by atoms with Gasteiger partial charge in [0.25, 0.3) is 0 Å². The number of carbonyl (C=O) groups is 1. The number of ether oxygens (including phenoxy) is 2. The molecular weight excluding hydrogens is 409 g/mol. The van der Waals surface area contributed by atoms with Crippen LogP contribution in [0.2, 0.25) is 0 Å². The van der Waals surface area contributed by atoms with Crippen LogP contribution in [0.5, 0.6) is 5.75 Å². The summed E-state index contributed by atoms with van der Waals surface area (Å²) >= 11 is 0. The van der Waals surface area contributed by atoms with Crippen LogP contribution in [0.1, 0.15) is 44.4 Å². The molecule has 7 heteroatoms. The van der Waals surface area contributed by atoms with Crippen molar-refractivity contribution in [3.63, 3.8) is 0 Å². The highest BCUT2D eigenvalue weighted by atomic mass is 19.1. The summed E-state index contributed by atoms with van der Waals surface area (Å²) < 4.78 is 27.7. The van der Waals surface area contributed by atoms with E-state index < -0.39 is 11.4 Å². The summed E-state index contributed by atoms with van der Waals surface area (Å²) in [4.78, 5) is 14.4. The van der Waals surface area contributed by atoms with E-state index in [9.17, 15) is 9.18 Å². The van der Waals surface area contributed by atoms with Crippen LogP contribution in [0.3, 0.4) is 0 Å². The fourth-order valence-corrected chi connectivity index (χ4v) is 3.81. The summed E-state index contributed by atoms with van der Waals surface area (Å²) in [6.07, 6.45) is 6.00. The van der Waals surface area contributed by atoms with Gasteiger partial charge in [0.05, 0.1) is 17.8 Å². The van der Waals surface area contributed by atoms with Crippen molar-refractivity contribution in [2.24, 2.45) is 7.05 Å². The van der Waals surface area contributed by atoms with Crippen LogP contribution in [0.25, 0.3) is 10.9 Å². The molecule has 0 radical (unpaired) electrons. The minimum Gasteiger partial charge on any atom is -0.486 e. The van der Waals surface area contributed by atoms with Gasteiger partial charge in [-0.2, -0.15) is 5.10 Å². The van der Waals surface area contributed by atoms with Gasteiger partial charge >= 0.3 is 6.09 Å². The van der Waals surface area contributed by atoms with E-state index in [-0.39, 0.29) is 24.5 Å². The van der Waals surface area contributed by atoms with Gasteiger partial charge in [-0.15, -0.1) is 0 Å². The van der Waals surface area contributed by atoms with Crippen molar-refractivity contribution >= 4 is 17.0 Å². The van der Waals surface area contributed by atoms with Gasteiger partial charge in [-0.05, 0) is 62.6 Å². The molecule has 6 nitrogen and oxygen atoms in total. The smallest absolute Gasteiger partial charge is 0.411 e. The molecule has 4 rings (SSSR count). The van der Waals surface area contributed by atoms with Crippen molar-refractivity contribution in [3.05, 3.63) is 71.7 Å². The van der Waals surface area contributed by atoms with Gasteiger partial charge in [0, 0.05) is 19.0 Å². The van der Waals surface area contributed by atoms with Gasteiger partial charge in [0.1, 0.15) is 12.2 Å². The second-order valence-corrected chi connectivity index (χ2v) is 9.00. The summed E-state index contributed by atoms with van der Waals surface area (Å²) in [5.74, 6) is -0.279. The molecule has 1 aromatic heterocycles. The number of rotatable bonds is 4. The zero-order valence-electron chi connectivity index (χ0n) is 18.8. The molecule has 0 bridgehead atoms. The molecule has 0 fully saturated rings. The number of fused-ring (bicyclic) bond motifs is 1. The number of carbonyl (C=O) groups excluding carboxylic acids is 1. The zero-order chi connectivity index (χ0) is 22.9. The molecule has 32 heavy (non-hydrogen) atoms. The average molecular weight is 438 g/mol. The van der Waals surface area contributed by atoms with E-state index in [1.165, 1.54) is 6.07 Å². The Hall–Kier alpha value is -3.35. The van der Waals surface area contributed by atoms with Gasteiger partial charge in [-0.3, -0.25) is 9.58 Å². The number of amides is 1. The molecule has 2 aromatic carbocycles. The molecule has 1 atom stereocenters. The van der Waals surface area contributed by atoms with Crippen molar-refractivity contribution in [2.45, 2.75) is 45.4 Å². The monoisotopic (exact) mass is 437 g/mol. The number of benzene rings is 2. The van der Waals surface area contributed by atoms with Crippen LogP contribution in [0.15, 0.2) is 54.7 Å². The molecule has 1 aliphatic heterocycles. The lowest BCUT2D eigenvalue weighted by atomic mass is 9.99. The van der Waals surface area contributed by atoms with Gasteiger partial charge in [0.15, 0.2) is 11.6 Å². The minimum absolute atomic E-state index is 0.160. The fraction of sp³-hybridized carbons (Fsp3) is 0.360. The van der Waals surface area contributed by atoms with Crippen molar-refractivity contribution < 1.29 is 18.7 Å². The van der Waals surface area contributed by atoms with E-state index >= 15 is 0 Å². The highest BCUT2D eigenvalue weighted by Gasteiger charge is 2.30. The minimum atomic E-state index is -0.588. The Bertz CT molecular complexity index is 1160. The Morgan fingerprint density at radius 1 is 1.19 bits per heavy atom. The first-order chi connectivity index (χ1) is 15.2. The predicted molar refractivity (Wildman–Crippen MR) is 121 cm³/mol. The van der Waals surface area contributed by atoms with Gasteiger partial charge in [-0.25, -0.2) is 9.18 Å². The van der Waals surface area contributed by atoms with E-state index in [2.05, 4.69) is 5.10 Å². The van der Waals surface area contributed by atoms with Crippen LogP contribution in [-0.2, 0) is 18.4 Å². The molecule has 1 unspecified atom stereocenters. The van der Waals surface area contributed by atoms with Crippen LogP contribution in [0, 0.1) is 5.82 Å². The topological polar surface area (TPSA) is 56.6 Å². The Balaban J connectivity index is 1.53. The first-order valence-electron chi connectivity index (χ1n) is 10.7. The van der Waals surface area contributed by atoms with Crippen LogP contribution >= 0.6 is 0 Å². The molecule has 1 aliphatic rings. The largest absolute Gasteiger partial charge is 0.486 e. The molecule has 168 valence electrons. The second-order valence-electron chi connectivity index (χ2n) is 9.00. The molecule has 0 aliphatic carbocycles. The third-order valence-electron chi connectivity index (χ3n) is 5.38. The number of hydrogen-bond acceptors (Lipinski definition) is 4. The van der Waals surface area contributed by atoms with Gasteiger partial charge in [-0.1, -0.05) is 24.3 Å². The van der Waals surface area contributed by atoms with E-state index in [1.54, 1.807) is 27.9 Å². The van der Waals surface area contributed by atoms with Crippen LogP contribution in [-0.4, -0.2) is 32.9 Å². The highest BCUT2D eigenvalue weighted by molar-refractivity contribution is 5.79. The van der Waals surface area contributed by atoms with E-state index in [0.29, 0.717) is 13.0 Å². The van der Waals surface area contributed by atoms with Crippen molar-refractivity contribution in [1.29, 1.82) is 0 Å². The Labute approximate surface area is 187 Å². The Morgan fingerprint density at radius 3 is 2.78 bits per heavy atom. The van der Waals surface area contributed by atoms with Gasteiger partial charge < -0.3 is 9.47 Å². The number of aromatic nitrogens is 2. The molecule has 0 saturated heterocycles. The van der Waals surface area contributed by atoms with Gasteiger partial charge in [0.2, 0.25) is 0 Å². The summed E-state index contributed by atoms with van der Waals surface area (Å²) in [5, 5.41) is 5.25. The lowest BCUT2D eigenvalue weighted by Gasteiger charge is -2.35. The SMILES string of the molecule is Cn1ncc2cc(COc3cc(C4CC=CCN4C(=O)OC(C)(C)C)ccc3F)ccc21. The van der Waals surface area contributed by atoms with E-state index in [4.69, 9.17) is 9.47 Å². The van der Waals surface area contributed by atoms with Crippen molar-refractivity contribution in [1.82, 2.24) is 14.7 Å². The van der Waals surface area contributed by atoms with Crippen LogP contribution < -0.4 is 4.74 Å². The van der Waals surface area contributed by atoms with E-state index in [0.717, 1.165) is 22.0 Å². The summed E-state index contributed by atoms with van der Waals surface area (Å²) in [6.45, 7) is 6.19. The summed E-state index contributed by atoms with van der Waals surface area (Å²) in [5.41, 5.74) is 2.16. The average Bonchev–Trinajstić information content (AvgIpc) is 3.12. The molecular formula is C25H28FN3O3. The number of halogens is 1. The summed E-state index contributed by atoms with van der Waals surface area (Å²) in [7, 11) is 1.89. The molecule has 3 aromatic rings. The second kappa shape index (κ2) is 8.65. The zero-order valence-corrected chi connectivity index (χ0v) is 18.8. The third-order valence-corrected chi connectivity index (χ3v) is 5.38. The standard InChI is InChI=1S/C25H28FN3O3/c1-25(2,3)32-24(30)29-12-6-5-7-22(29)18-9-10-20(26)23(14-18)31-16-17-8-11-21-19(13-17)15-27-28(21)4/h5-6,8-11,13-15,22H,7,12,16H2,1-4H3. The van der Waals surface area contributed by atoms with Crippen molar-refractivity contribution in [3.8, 4) is 5.75 Å². The molecule has 0 saturated carbocycles. The normalized spacial score (nSPS) is 16.4. The highest BCUT2D eigenvalue weighted by Crippen LogP contribution is 2.32. The fourth-order valence-electron chi connectivity index (χ4n) is 3.81. The van der Waals surface area contributed by atoms with Crippen LogP contribution in [0.4, 0.5) is 9.18 Å². The lowest BCUT2D eigenvalue weighted by Crippen LogP contribution is -2.40. The third kappa shape index (κ3) is 4.77. The predicted octanol–water partition coefficient (Wildman–Crippen LogP) is 5.53. The summed E-state index contributed by atoms with van der Waals surface area (Å²) in [6, 6.07) is 10.4. The molecule has 0 N–H and O–H groups in total. The maximum absolute atomic E-state index is 14.5. The maximum atomic E-state index is 14.5. The molecule has 1 amide bonds. The Morgan fingerprint density at radius 2 is 2.00 bits per heavy atom. The molecule has 0 spiro atoms. The number of nitrogens with zero attached hydrogens (tertiary/aromatic N) is 3. The number of hydrogen-bond donors (Lipinski definition) is 0. The first-order valence-corrected chi connectivity index (χ1v) is 10.7. The first kappa shape index (κ1) is 21.9. The number of aryl methyl sites for hydroxylation is 1. The molecule has 2 heterocycles. The van der Waals surface area contributed by atoms with E-state index in [1.807, 2.05) is 58.2 Å². The Kier molecular flexibility index (Phi) is 5.91. The quantitative estimate of drug-likeness (QED) is 0.504. The van der Waals surface area contributed by atoms with Crippen molar-refractivity contribution in [2.75, 3.05) is 6.54 Å².